The summed E-state index contributed by atoms with van der Waals surface area (Å²) in [5.41, 5.74) is 6.91. The van der Waals surface area contributed by atoms with Gasteiger partial charge in [-0.1, -0.05) is 133 Å². The summed E-state index contributed by atoms with van der Waals surface area (Å²) in [6, 6.07) is 55.4. The van der Waals surface area contributed by atoms with Gasteiger partial charge in [0.25, 0.3) is 5.95 Å². The van der Waals surface area contributed by atoms with Crippen molar-refractivity contribution in [3.05, 3.63) is 169 Å². The van der Waals surface area contributed by atoms with Crippen LogP contribution in [-0.2, 0) is 0 Å². The Morgan fingerprint density at radius 2 is 1.17 bits per heavy atom. The number of anilines is 4. The van der Waals surface area contributed by atoms with Gasteiger partial charge >= 0.3 is 0 Å². The number of hydrogen-bond acceptors (Lipinski definition) is 5. The van der Waals surface area contributed by atoms with Crippen molar-refractivity contribution in [1.82, 2.24) is 9.97 Å². The van der Waals surface area contributed by atoms with Crippen LogP contribution in [0, 0.1) is 6.85 Å². The van der Waals surface area contributed by atoms with Crippen LogP contribution < -0.4 is 10.0 Å². The molecule has 1 aliphatic heterocycles. The lowest BCUT2D eigenvalue weighted by Gasteiger charge is -2.44. The van der Waals surface area contributed by atoms with Crippen molar-refractivity contribution in [3.63, 3.8) is 0 Å². The number of hydrazine groups is 1. The molecule has 4 nitrogen and oxygen atoms in total. The summed E-state index contributed by atoms with van der Waals surface area (Å²) in [7, 11) is 0. The third kappa shape index (κ3) is 4.14. The minimum absolute atomic E-state index is 0.255. The molecule has 52 heavy (non-hydrogen) atoms. The van der Waals surface area contributed by atoms with Gasteiger partial charge in [0, 0.05) is 41.7 Å². The molecule has 3 heterocycles. The summed E-state index contributed by atoms with van der Waals surface area (Å²) in [6.07, 6.45) is 0. The Kier molecular flexibility index (Phi) is 5.67. The zero-order chi connectivity index (χ0) is 36.8. The average Bonchev–Trinajstić information content (AvgIpc) is 3.62. The van der Waals surface area contributed by atoms with Gasteiger partial charge in [0.15, 0.2) is 0 Å². The maximum absolute atomic E-state index is 9.08. The fourth-order valence-electron chi connectivity index (χ4n) is 8.08. The monoisotopic (exact) mass is 685 g/mol. The van der Waals surface area contributed by atoms with Gasteiger partial charge in [-0.2, -0.15) is 0 Å². The summed E-state index contributed by atoms with van der Waals surface area (Å²) in [6.45, 7) is -2.46. The Morgan fingerprint density at radius 3 is 1.98 bits per heavy atom. The molecule has 2 aromatic heterocycles. The molecule has 0 radical (unpaired) electrons. The largest absolute Gasteiger partial charge is 0.251 e. The number of nitrogens with zero attached hydrogens (tertiary/aromatic N) is 4. The Morgan fingerprint density at radius 1 is 0.538 bits per heavy atom. The Balaban J connectivity index is 1.41. The zero-order valence-electron chi connectivity index (χ0n) is 30.8. The lowest BCUT2D eigenvalue weighted by molar-refractivity contribution is 0.929. The smallest absolute Gasteiger partial charge is 0.245 e. The summed E-state index contributed by atoms with van der Waals surface area (Å²) in [5, 5.41) is 11.4. The number of thiophene rings is 1. The van der Waals surface area contributed by atoms with E-state index in [1.165, 1.54) is 10.1 Å². The molecule has 0 N–H and O–H groups in total. The first-order valence-corrected chi connectivity index (χ1v) is 18.2. The molecule has 5 heteroatoms. The van der Waals surface area contributed by atoms with E-state index in [4.69, 9.17) is 14.1 Å². The van der Waals surface area contributed by atoms with Crippen molar-refractivity contribution in [2.24, 2.45) is 0 Å². The van der Waals surface area contributed by atoms with Gasteiger partial charge in [0.2, 0.25) is 0 Å². The third-order valence-electron chi connectivity index (χ3n) is 10.2. The molecule has 0 fully saturated rings. The first-order chi connectivity index (χ1) is 27.0. The normalized spacial score (nSPS) is 13.7. The molecule has 0 spiro atoms. The predicted octanol–water partition coefficient (Wildman–Crippen LogP) is 13.2. The fourth-order valence-corrected chi connectivity index (χ4v) is 9.34. The van der Waals surface area contributed by atoms with E-state index < -0.39 is 6.85 Å². The van der Waals surface area contributed by atoms with Gasteiger partial charge in [-0.3, -0.25) is 0 Å². The average molecular weight is 686 g/mol. The van der Waals surface area contributed by atoms with E-state index in [0.717, 1.165) is 76.3 Å². The maximum atomic E-state index is 9.08. The molecule has 0 amide bonds. The molecule has 244 valence electrons. The minimum atomic E-state index is -2.46. The van der Waals surface area contributed by atoms with Crippen molar-refractivity contribution in [2.75, 3.05) is 10.0 Å². The highest BCUT2D eigenvalue weighted by Crippen LogP contribution is 2.59. The van der Waals surface area contributed by atoms with Crippen LogP contribution in [0.5, 0.6) is 0 Å². The highest BCUT2D eigenvalue weighted by Gasteiger charge is 2.39. The number of rotatable bonds is 3. The van der Waals surface area contributed by atoms with Crippen molar-refractivity contribution < 1.29 is 4.11 Å². The third-order valence-corrected chi connectivity index (χ3v) is 11.4. The quantitative estimate of drug-likeness (QED) is 0.185. The van der Waals surface area contributed by atoms with E-state index in [9.17, 15) is 0 Å². The molecule has 0 saturated heterocycles. The molecular weight excluding hydrogens is 653 g/mol. The number of aromatic nitrogens is 2. The standard InChI is InChI=1S/C47H30N4S/c1-29-28-31-18-8-9-21-33(31)41-42-35-23-11-10-22-34(35)40-37-25-13-15-27-39(37)52-46(40)45(42)51(50(44(29)41)32-19-6-3-7-20-32)47-48-38-26-14-12-24-36(38)43(49-47)30-16-4-2-5-17-30/h2-28H,1H3/i1D3. The van der Waals surface area contributed by atoms with Gasteiger partial charge in [-0.05, 0) is 64.3 Å². The second-order valence-electron chi connectivity index (χ2n) is 13.2. The molecule has 0 bridgehead atoms. The maximum Gasteiger partial charge on any atom is 0.251 e. The minimum Gasteiger partial charge on any atom is -0.245 e. The molecule has 0 unspecified atom stereocenters. The lowest BCUT2D eigenvalue weighted by Crippen LogP contribution is -2.40. The summed E-state index contributed by atoms with van der Waals surface area (Å²) >= 11 is 1.75. The van der Waals surface area contributed by atoms with E-state index in [0.29, 0.717) is 11.6 Å². The number of hydrogen-bond donors (Lipinski definition) is 0. The van der Waals surface area contributed by atoms with Crippen molar-refractivity contribution in [1.29, 1.82) is 0 Å². The van der Waals surface area contributed by atoms with Gasteiger partial charge in [-0.15, -0.1) is 11.3 Å². The van der Waals surface area contributed by atoms with Crippen LogP contribution in [0.15, 0.2) is 164 Å². The van der Waals surface area contributed by atoms with Crippen molar-refractivity contribution in [2.45, 2.75) is 6.85 Å². The van der Waals surface area contributed by atoms with Gasteiger partial charge in [0.1, 0.15) is 0 Å². The molecule has 0 saturated carbocycles. The molecule has 0 aliphatic carbocycles. The molecule has 1 aliphatic rings. The molecule has 0 atom stereocenters. The summed E-state index contributed by atoms with van der Waals surface area (Å²) in [4.78, 5) is 10.8. The Hall–Kier alpha value is -6.56. The van der Waals surface area contributed by atoms with E-state index >= 15 is 0 Å². The second kappa shape index (κ2) is 11.2. The van der Waals surface area contributed by atoms with Gasteiger partial charge in [-0.25, -0.2) is 20.0 Å². The topological polar surface area (TPSA) is 32.3 Å². The SMILES string of the molecule is [2H]C([2H])([2H])c1cc2ccccc2c2c1N(c1ccccc1)N(c1nc(-c3ccccc3)c3ccccc3n1)c1c-2c2ccccc2c2c1sc1ccccc12. The predicted molar refractivity (Wildman–Crippen MR) is 220 cm³/mol. The number of para-hydroxylation sites is 2. The van der Waals surface area contributed by atoms with Crippen molar-refractivity contribution >= 4 is 87.0 Å². The second-order valence-corrected chi connectivity index (χ2v) is 14.2. The van der Waals surface area contributed by atoms with Crippen LogP contribution in [0.25, 0.3) is 75.0 Å². The fraction of sp³-hybridized carbons (Fsp3) is 0.0213. The van der Waals surface area contributed by atoms with Gasteiger partial charge in [0.05, 0.1) is 33.0 Å². The van der Waals surface area contributed by atoms with Crippen LogP contribution in [-0.4, -0.2) is 9.97 Å². The first kappa shape index (κ1) is 26.3. The van der Waals surface area contributed by atoms with E-state index in [1.807, 2.05) is 91.0 Å². The Bertz CT molecular complexity index is 3160. The number of benzene rings is 8. The van der Waals surface area contributed by atoms with E-state index in [-0.39, 0.29) is 5.56 Å². The highest BCUT2D eigenvalue weighted by atomic mass is 32.1. The highest BCUT2D eigenvalue weighted by molar-refractivity contribution is 7.26. The molecule has 10 aromatic rings. The molecular formula is C47H30N4S. The van der Waals surface area contributed by atoms with Gasteiger partial charge < -0.3 is 0 Å². The Labute approximate surface area is 308 Å². The van der Waals surface area contributed by atoms with E-state index in [1.54, 1.807) is 11.3 Å². The molecule has 11 rings (SSSR count). The van der Waals surface area contributed by atoms with Crippen LogP contribution in [0.3, 0.4) is 0 Å². The molecule has 8 aromatic carbocycles. The first-order valence-electron chi connectivity index (χ1n) is 18.9. The number of aryl methyl sites for hydroxylation is 1. The van der Waals surface area contributed by atoms with E-state index in [2.05, 4.69) is 82.8 Å². The number of fused-ring (bicyclic) bond motifs is 13. The summed E-state index contributed by atoms with van der Waals surface area (Å²) in [5.74, 6) is 0.437. The zero-order valence-corrected chi connectivity index (χ0v) is 28.6. The van der Waals surface area contributed by atoms with Crippen molar-refractivity contribution in [3.8, 4) is 22.4 Å². The summed E-state index contributed by atoms with van der Waals surface area (Å²) < 4.78 is 29.5. The van der Waals surface area contributed by atoms with Crippen LogP contribution >= 0.6 is 11.3 Å². The van der Waals surface area contributed by atoms with Crippen LogP contribution in [0.1, 0.15) is 9.68 Å². The van der Waals surface area contributed by atoms with Crippen LogP contribution in [0.2, 0.25) is 0 Å². The lowest BCUT2D eigenvalue weighted by atomic mass is 9.86. The van der Waals surface area contributed by atoms with Crippen LogP contribution in [0.4, 0.5) is 23.0 Å².